The van der Waals surface area contributed by atoms with Crippen LogP contribution in [0.5, 0.6) is 5.75 Å². The van der Waals surface area contributed by atoms with Crippen molar-refractivity contribution >= 4 is 29.7 Å². The monoisotopic (exact) mass is 414 g/mol. The predicted octanol–water partition coefficient (Wildman–Crippen LogP) is 5.76. The maximum Gasteiger partial charge on any atom is 0.343 e. The van der Waals surface area contributed by atoms with Crippen molar-refractivity contribution in [1.82, 2.24) is 5.43 Å². The third kappa shape index (κ3) is 8.48. The van der Waals surface area contributed by atoms with Gasteiger partial charge in [0.15, 0.2) is 0 Å². The van der Waals surface area contributed by atoms with Gasteiger partial charge in [-0.2, -0.15) is 5.10 Å². The molecule has 2 aromatic carbocycles. The molecule has 0 radical (unpaired) electrons. The number of amides is 1. The van der Waals surface area contributed by atoms with Gasteiger partial charge in [-0.05, 0) is 42.8 Å². The van der Waals surface area contributed by atoms with Crippen LogP contribution in [0.3, 0.4) is 0 Å². The first-order valence-electron chi connectivity index (χ1n) is 9.99. The largest absolute Gasteiger partial charge is 0.422 e. The number of carbonyl (C=O) groups excluding carboxylic acids is 2. The van der Waals surface area contributed by atoms with E-state index in [1.165, 1.54) is 25.5 Å². The molecule has 154 valence electrons. The van der Waals surface area contributed by atoms with Crippen LogP contribution >= 0.6 is 11.6 Å². The maximum atomic E-state index is 12.3. The van der Waals surface area contributed by atoms with Gasteiger partial charge in [-0.3, -0.25) is 4.79 Å². The molecule has 29 heavy (non-hydrogen) atoms. The van der Waals surface area contributed by atoms with Crippen molar-refractivity contribution in [3.63, 3.8) is 0 Å². The zero-order chi connectivity index (χ0) is 20.9. The van der Waals surface area contributed by atoms with E-state index < -0.39 is 5.97 Å². The molecule has 0 saturated heterocycles. The van der Waals surface area contributed by atoms with Crippen molar-refractivity contribution in [2.75, 3.05) is 0 Å². The topological polar surface area (TPSA) is 67.8 Å². The van der Waals surface area contributed by atoms with Crippen LogP contribution in [-0.4, -0.2) is 18.1 Å². The highest BCUT2D eigenvalue weighted by Crippen LogP contribution is 2.18. The zero-order valence-corrected chi connectivity index (χ0v) is 17.5. The Labute approximate surface area is 177 Å². The van der Waals surface area contributed by atoms with Crippen molar-refractivity contribution < 1.29 is 14.3 Å². The van der Waals surface area contributed by atoms with E-state index in [0.717, 1.165) is 19.3 Å². The smallest absolute Gasteiger partial charge is 0.343 e. The van der Waals surface area contributed by atoms with Crippen molar-refractivity contribution in [2.45, 2.75) is 51.9 Å². The number of rotatable bonds is 11. The Bertz CT molecular complexity index is 819. The Balaban J connectivity index is 1.84. The third-order valence-electron chi connectivity index (χ3n) is 4.35. The second-order valence-electron chi connectivity index (χ2n) is 6.75. The number of hydrazone groups is 1. The number of unbranched alkanes of at least 4 members (excludes halogenated alkanes) is 5. The van der Waals surface area contributed by atoms with E-state index in [9.17, 15) is 9.59 Å². The summed E-state index contributed by atoms with van der Waals surface area (Å²) in [5, 5.41) is 4.54. The number of ether oxygens (including phenoxy) is 1. The molecular formula is C23H27ClN2O3. The van der Waals surface area contributed by atoms with E-state index in [0.29, 0.717) is 28.3 Å². The number of hydrogen-bond acceptors (Lipinski definition) is 4. The summed E-state index contributed by atoms with van der Waals surface area (Å²) in [6.45, 7) is 2.18. The van der Waals surface area contributed by atoms with Crippen LogP contribution in [-0.2, 0) is 4.79 Å². The van der Waals surface area contributed by atoms with Gasteiger partial charge < -0.3 is 4.74 Å². The van der Waals surface area contributed by atoms with Crippen molar-refractivity contribution in [3.8, 4) is 5.75 Å². The number of benzene rings is 2. The molecule has 0 unspecified atom stereocenters. The SMILES string of the molecule is CCCCCCCCC(=O)N/N=C/c1ccccc1OC(=O)c1ccc(Cl)cc1. The number of para-hydroxylation sites is 1. The summed E-state index contributed by atoms with van der Waals surface area (Å²) >= 11 is 5.84. The van der Waals surface area contributed by atoms with E-state index in [1.54, 1.807) is 48.5 Å². The van der Waals surface area contributed by atoms with Gasteiger partial charge in [0.1, 0.15) is 5.75 Å². The molecule has 0 saturated carbocycles. The second kappa shape index (κ2) is 12.7. The molecule has 1 amide bonds. The molecule has 0 aromatic heterocycles. The van der Waals surface area contributed by atoms with Crippen LogP contribution in [0, 0.1) is 0 Å². The summed E-state index contributed by atoms with van der Waals surface area (Å²) in [7, 11) is 0. The minimum Gasteiger partial charge on any atom is -0.422 e. The van der Waals surface area contributed by atoms with Crippen LogP contribution in [0.15, 0.2) is 53.6 Å². The fourth-order valence-electron chi connectivity index (χ4n) is 2.72. The summed E-state index contributed by atoms with van der Waals surface area (Å²) in [5.74, 6) is -0.247. The normalized spacial score (nSPS) is 10.8. The lowest BCUT2D eigenvalue weighted by Crippen LogP contribution is -2.17. The molecule has 1 N–H and O–H groups in total. The number of halogens is 1. The third-order valence-corrected chi connectivity index (χ3v) is 4.60. The summed E-state index contributed by atoms with van der Waals surface area (Å²) in [6.07, 6.45) is 8.70. The molecule has 2 rings (SSSR count). The molecule has 0 fully saturated rings. The first-order valence-corrected chi connectivity index (χ1v) is 10.4. The zero-order valence-electron chi connectivity index (χ0n) is 16.7. The minimum atomic E-state index is -0.491. The number of nitrogens with one attached hydrogen (secondary N) is 1. The fraction of sp³-hybridized carbons (Fsp3) is 0.348. The lowest BCUT2D eigenvalue weighted by Gasteiger charge is -2.07. The highest BCUT2D eigenvalue weighted by atomic mass is 35.5. The highest BCUT2D eigenvalue weighted by Gasteiger charge is 2.10. The average Bonchev–Trinajstić information content (AvgIpc) is 2.72. The molecule has 0 spiro atoms. The molecule has 5 nitrogen and oxygen atoms in total. The Morgan fingerprint density at radius 2 is 1.69 bits per heavy atom. The van der Waals surface area contributed by atoms with Crippen molar-refractivity contribution in [2.24, 2.45) is 5.10 Å². The Kier molecular flexibility index (Phi) is 9.93. The van der Waals surface area contributed by atoms with Gasteiger partial charge in [-0.1, -0.05) is 62.8 Å². The van der Waals surface area contributed by atoms with Crippen LogP contribution in [0.25, 0.3) is 0 Å². The molecule has 0 aliphatic carbocycles. The van der Waals surface area contributed by atoms with Crippen LogP contribution in [0.2, 0.25) is 5.02 Å². The number of hydrogen-bond donors (Lipinski definition) is 1. The fourth-order valence-corrected chi connectivity index (χ4v) is 2.85. The Hall–Kier alpha value is -2.66. The first-order chi connectivity index (χ1) is 14.1. The molecule has 0 aliphatic rings. The number of carbonyl (C=O) groups is 2. The predicted molar refractivity (Wildman–Crippen MR) is 117 cm³/mol. The first kappa shape index (κ1) is 22.6. The quantitative estimate of drug-likeness (QED) is 0.167. The van der Waals surface area contributed by atoms with E-state index in [2.05, 4.69) is 17.5 Å². The lowest BCUT2D eigenvalue weighted by molar-refractivity contribution is -0.121. The van der Waals surface area contributed by atoms with Gasteiger partial charge in [-0.15, -0.1) is 0 Å². The van der Waals surface area contributed by atoms with Crippen LogP contribution in [0.4, 0.5) is 0 Å². The number of esters is 1. The lowest BCUT2D eigenvalue weighted by atomic mass is 10.1. The van der Waals surface area contributed by atoms with E-state index in [4.69, 9.17) is 16.3 Å². The average molecular weight is 415 g/mol. The van der Waals surface area contributed by atoms with E-state index in [1.807, 2.05) is 0 Å². The Morgan fingerprint density at radius 3 is 2.45 bits per heavy atom. The summed E-state index contributed by atoms with van der Waals surface area (Å²) in [5.41, 5.74) is 3.52. The highest BCUT2D eigenvalue weighted by molar-refractivity contribution is 6.30. The van der Waals surface area contributed by atoms with Gasteiger partial charge >= 0.3 is 5.97 Å². The molecule has 2 aromatic rings. The van der Waals surface area contributed by atoms with Gasteiger partial charge in [0.2, 0.25) is 5.91 Å². The van der Waals surface area contributed by atoms with Gasteiger partial charge in [-0.25, -0.2) is 10.2 Å². The molecule has 6 heteroatoms. The molecule has 0 atom stereocenters. The van der Waals surface area contributed by atoms with E-state index >= 15 is 0 Å². The maximum absolute atomic E-state index is 12.3. The number of nitrogens with zero attached hydrogens (tertiary/aromatic N) is 1. The summed E-state index contributed by atoms with van der Waals surface area (Å²) < 4.78 is 5.45. The molecule has 0 bridgehead atoms. The van der Waals surface area contributed by atoms with Gasteiger partial charge in [0.25, 0.3) is 0 Å². The summed E-state index contributed by atoms with van der Waals surface area (Å²) in [4.78, 5) is 24.2. The summed E-state index contributed by atoms with van der Waals surface area (Å²) in [6, 6.07) is 13.5. The van der Waals surface area contributed by atoms with Gasteiger partial charge in [0.05, 0.1) is 11.8 Å². The Morgan fingerprint density at radius 1 is 1.00 bits per heavy atom. The van der Waals surface area contributed by atoms with Crippen molar-refractivity contribution in [1.29, 1.82) is 0 Å². The molecule has 0 aliphatic heterocycles. The standard InChI is InChI=1S/C23H27ClN2O3/c1-2-3-4-5-6-7-12-22(27)26-25-17-19-10-8-9-11-21(19)29-23(28)18-13-15-20(24)16-14-18/h8-11,13-17H,2-7,12H2,1H3,(H,26,27)/b25-17+. The molecule has 0 heterocycles. The van der Waals surface area contributed by atoms with Crippen LogP contribution in [0.1, 0.15) is 67.8 Å². The second-order valence-corrected chi connectivity index (χ2v) is 7.18. The van der Waals surface area contributed by atoms with Gasteiger partial charge in [0, 0.05) is 17.0 Å². The minimum absolute atomic E-state index is 0.118. The van der Waals surface area contributed by atoms with Crippen molar-refractivity contribution in [3.05, 3.63) is 64.7 Å². The van der Waals surface area contributed by atoms with E-state index in [-0.39, 0.29) is 5.91 Å². The molecular weight excluding hydrogens is 388 g/mol. The van der Waals surface area contributed by atoms with Crippen LogP contribution < -0.4 is 10.2 Å².